The molecule has 0 saturated carbocycles. The summed E-state index contributed by atoms with van der Waals surface area (Å²) in [7, 11) is 0. The normalized spacial score (nSPS) is 11.5. The van der Waals surface area contributed by atoms with Crippen molar-refractivity contribution < 1.29 is 14.0 Å². The van der Waals surface area contributed by atoms with Gasteiger partial charge in [0.25, 0.3) is 5.91 Å². The molecular weight excluding hydrogens is 549 g/mol. The van der Waals surface area contributed by atoms with E-state index < -0.39 is 0 Å². The molecule has 0 aliphatic carbocycles. The first kappa shape index (κ1) is 30.7. The molecule has 5 rings (SSSR count). The van der Waals surface area contributed by atoms with E-state index >= 15 is 0 Å². The van der Waals surface area contributed by atoms with Crippen molar-refractivity contribution in [3.05, 3.63) is 142 Å². The van der Waals surface area contributed by atoms with E-state index in [1.165, 1.54) is 12.1 Å². The SMILES string of the molecule is Cc1ccc(CN(CCc2c[nH]c3ccccc23)C(=O)CN(Cc2ccc(F)cc2)C(=O)c2ccc(C(C)(C)C)cc2)cc1. The highest BCUT2D eigenvalue weighted by atomic mass is 19.1. The lowest BCUT2D eigenvalue weighted by Crippen LogP contribution is -2.43. The molecular formula is C38H40FN3O2. The van der Waals surface area contributed by atoms with Crippen LogP contribution in [-0.2, 0) is 29.7 Å². The highest BCUT2D eigenvalue weighted by Crippen LogP contribution is 2.23. The Bertz CT molecular complexity index is 1720. The smallest absolute Gasteiger partial charge is 0.254 e. The van der Waals surface area contributed by atoms with Gasteiger partial charge in [0.05, 0.1) is 0 Å². The largest absolute Gasteiger partial charge is 0.361 e. The van der Waals surface area contributed by atoms with Crippen molar-refractivity contribution in [1.29, 1.82) is 0 Å². The van der Waals surface area contributed by atoms with E-state index in [1.54, 1.807) is 17.0 Å². The first-order valence-corrected chi connectivity index (χ1v) is 15.1. The van der Waals surface area contributed by atoms with E-state index in [4.69, 9.17) is 0 Å². The monoisotopic (exact) mass is 589 g/mol. The van der Waals surface area contributed by atoms with Crippen molar-refractivity contribution in [3.63, 3.8) is 0 Å². The predicted octanol–water partition coefficient (Wildman–Crippen LogP) is 7.83. The van der Waals surface area contributed by atoms with Crippen LogP contribution in [0.1, 0.15) is 58.9 Å². The van der Waals surface area contributed by atoms with Gasteiger partial charge in [-0.3, -0.25) is 9.59 Å². The summed E-state index contributed by atoms with van der Waals surface area (Å²) < 4.78 is 13.7. The van der Waals surface area contributed by atoms with Crippen molar-refractivity contribution in [2.24, 2.45) is 0 Å². The standard InChI is InChI=1S/C38H40FN3O2/c1-27-9-11-28(12-10-27)24-41(22-21-31-23-40-35-8-6-5-7-34(31)35)36(43)26-42(25-29-13-19-33(39)20-14-29)37(44)30-15-17-32(18-16-30)38(2,3)4/h5-20,23,40H,21-22,24-26H2,1-4H3. The van der Waals surface area contributed by atoms with Gasteiger partial charge in [-0.05, 0) is 71.3 Å². The second kappa shape index (κ2) is 13.3. The third-order valence-corrected chi connectivity index (χ3v) is 8.07. The van der Waals surface area contributed by atoms with Crippen molar-refractivity contribution in [2.75, 3.05) is 13.1 Å². The fourth-order valence-electron chi connectivity index (χ4n) is 5.37. The van der Waals surface area contributed by atoms with E-state index in [1.807, 2.05) is 84.8 Å². The zero-order chi connectivity index (χ0) is 31.3. The van der Waals surface area contributed by atoms with Gasteiger partial charge in [0.2, 0.25) is 5.91 Å². The minimum Gasteiger partial charge on any atom is -0.361 e. The number of aromatic nitrogens is 1. The molecule has 5 aromatic rings. The summed E-state index contributed by atoms with van der Waals surface area (Å²) in [6.45, 7) is 9.43. The summed E-state index contributed by atoms with van der Waals surface area (Å²) in [5.41, 5.74) is 6.72. The van der Waals surface area contributed by atoms with Crippen LogP contribution >= 0.6 is 0 Å². The summed E-state index contributed by atoms with van der Waals surface area (Å²) in [6, 6.07) is 30.0. The maximum Gasteiger partial charge on any atom is 0.254 e. The van der Waals surface area contributed by atoms with Gasteiger partial charge in [0.1, 0.15) is 12.4 Å². The van der Waals surface area contributed by atoms with Gasteiger partial charge in [-0.2, -0.15) is 0 Å². The summed E-state index contributed by atoms with van der Waals surface area (Å²) in [6.07, 6.45) is 2.67. The number of para-hydroxylation sites is 1. The molecule has 1 heterocycles. The van der Waals surface area contributed by atoms with Crippen LogP contribution in [0, 0.1) is 12.7 Å². The lowest BCUT2D eigenvalue weighted by atomic mass is 9.86. The Labute approximate surface area is 259 Å². The summed E-state index contributed by atoms with van der Waals surface area (Å²) >= 11 is 0. The molecule has 44 heavy (non-hydrogen) atoms. The van der Waals surface area contributed by atoms with Crippen molar-refractivity contribution in [3.8, 4) is 0 Å². The molecule has 0 fully saturated rings. The van der Waals surface area contributed by atoms with Gasteiger partial charge in [0, 0.05) is 42.3 Å². The van der Waals surface area contributed by atoms with E-state index in [0.717, 1.165) is 38.7 Å². The fraction of sp³-hybridized carbons (Fsp3) is 0.263. The Morgan fingerprint density at radius 1 is 0.773 bits per heavy atom. The van der Waals surface area contributed by atoms with E-state index in [2.05, 4.69) is 31.8 Å². The molecule has 226 valence electrons. The van der Waals surface area contributed by atoms with Crippen LogP contribution in [0.25, 0.3) is 10.9 Å². The maximum atomic E-state index is 14.1. The van der Waals surface area contributed by atoms with Crippen molar-refractivity contribution >= 4 is 22.7 Å². The minimum atomic E-state index is -0.345. The number of hydrogen-bond donors (Lipinski definition) is 1. The Hall–Kier alpha value is -4.71. The van der Waals surface area contributed by atoms with Gasteiger partial charge in [-0.1, -0.05) is 93.1 Å². The second-order valence-electron chi connectivity index (χ2n) is 12.5. The number of carbonyl (C=O) groups excluding carboxylic acids is 2. The van der Waals surface area contributed by atoms with Gasteiger partial charge >= 0.3 is 0 Å². The molecule has 0 aliphatic rings. The number of hydrogen-bond acceptors (Lipinski definition) is 2. The molecule has 0 unspecified atom stereocenters. The highest BCUT2D eigenvalue weighted by molar-refractivity contribution is 5.96. The first-order chi connectivity index (χ1) is 21.1. The molecule has 4 aromatic carbocycles. The number of carbonyl (C=O) groups is 2. The molecule has 0 spiro atoms. The zero-order valence-electron chi connectivity index (χ0n) is 25.9. The van der Waals surface area contributed by atoms with Crippen LogP contribution in [-0.4, -0.2) is 39.7 Å². The summed E-state index contributed by atoms with van der Waals surface area (Å²) in [4.78, 5) is 34.7. The van der Waals surface area contributed by atoms with Gasteiger partial charge in [-0.25, -0.2) is 4.39 Å². The number of benzene rings is 4. The number of halogens is 1. The molecule has 0 radical (unpaired) electrons. The number of nitrogens with one attached hydrogen (secondary N) is 1. The second-order valence-corrected chi connectivity index (χ2v) is 12.5. The Kier molecular flexibility index (Phi) is 9.29. The maximum absolute atomic E-state index is 14.1. The first-order valence-electron chi connectivity index (χ1n) is 15.1. The van der Waals surface area contributed by atoms with Crippen LogP contribution in [0.5, 0.6) is 0 Å². The molecule has 2 amide bonds. The van der Waals surface area contributed by atoms with Crippen molar-refractivity contribution in [2.45, 2.75) is 52.6 Å². The van der Waals surface area contributed by atoms with Gasteiger partial charge in [-0.15, -0.1) is 0 Å². The molecule has 0 saturated heterocycles. The van der Waals surface area contributed by atoms with Crippen LogP contribution in [0.2, 0.25) is 0 Å². The number of aryl methyl sites for hydroxylation is 1. The van der Waals surface area contributed by atoms with Crippen LogP contribution in [0.15, 0.2) is 103 Å². The molecule has 1 N–H and O–H groups in total. The van der Waals surface area contributed by atoms with Crippen molar-refractivity contribution in [1.82, 2.24) is 14.8 Å². The molecule has 6 heteroatoms. The number of rotatable bonds is 10. The topological polar surface area (TPSA) is 56.4 Å². The Morgan fingerprint density at radius 2 is 1.39 bits per heavy atom. The average molecular weight is 590 g/mol. The fourth-order valence-corrected chi connectivity index (χ4v) is 5.37. The number of H-pyrrole nitrogens is 1. The number of aromatic amines is 1. The summed E-state index contributed by atoms with van der Waals surface area (Å²) in [5.74, 6) is -0.732. The molecule has 0 aliphatic heterocycles. The predicted molar refractivity (Wildman–Crippen MR) is 175 cm³/mol. The summed E-state index contributed by atoms with van der Waals surface area (Å²) in [5, 5.41) is 1.14. The quantitative estimate of drug-likeness (QED) is 0.181. The van der Waals surface area contributed by atoms with Gasteiger partial charge < -0.3 is 14.8 Å². The lowest BCUT2D eigenvalue weighted by molar-refractivity contribution is -0.132. The molecule has 0 bridgehead atoms. The van der Waals surface area contributed by atoms with E-state index in [-0.39, 0.29) is 36.1 Å². The number of fused-ring (bicyclic) bond motifs is 1. The Morgan fingerprint density at radius 3 is 2.05 bits per heavy atom. The van der Waals surface area contributed by atoms with E-state index in [0.29, 0.717) is 25.1 Å². The van der Waals surface area contributed by atoms with Crippen LogP contribution < -0.4 is 0 Å². The zero-order valence-corrected chi connectivity index (χ0v) is 25.9. The number of amides is 2. The lowest BCUT2D eigenvalue weighted by Gasteiger charge is -2.28. The van der Waals surface area contributed by atoms with Gasteiger partial charge in [0.15, 0.2) is 0 Å². The number of nitrogens with zero attached hydrogens (tertiary/aromatic N) is 2. The Balaban J connectivity index is 1.41. The average Bonchev–Trinajstić information content (AvgIpc) is 3.43. The van der Waals surface area contributed by atoms with Crippen LogP contribution in [0.4, 0.5) is 4.39 Å². The third-order valence-electron chi connectivity index (χ3n) is 8.07. The third kappa shape index (κ3) is 7.62. The minimum absolute atomic E-state index is 0.0490. The van der Waals surface area contributed by atoms with Crippen LogP contribution in [0.3, 0.4) is 0 Å². The van der Waals surface area contributed by atoms with E-state index in [9.17, 15) is 14.0 Å². The molecule has 0 atom stereocenters. The molecule has 5 nitrogen and oxygen atoms in total. The highest BCUT2D eigenvalue weighted by Gasteiger charge is 2.24. The molecule has 1 aromatic heterocycles.